The van der Waals surface area contributed by atoms with Crippen LogP contribution in [0.2, 0.25) is 0 Å². The van der Waals surface area contributed by atoms with Gasteiger partial charge in [0.25, 0.3) is 0 Å². The van der Waals surface area contributed by atoms with Gasteiger partial charge in [0.05, 0.1) is 23.1 Å². The van der Waals surface area contributed by atoms with Gasteiger partial charge in [-0.15, -0.1) is 11.3 Å². The van der Waals surface area contributed by atoms with Gasteiger partial charge in [-0.05, 0) is 71.6 Å². The van der Waals surface area contributed by atoms with E-state index in [1.54, 1.807) is 0 Å². The van der Waals surface area contributed by atoms with Crippen LogP contribution in [-0.4, -0.2) is 12.1 Å². The zero-order valence-corrected chi connectivity index (χ0v) is 24.5. The molecule has 4 heteroatoms. The summed E-state index contributed by atoms with van der Waals surface area (Å²) in [5.74, 6) is 0.907. The number of nitrogens with zero attached hydrogens (tertiary/aromatic N) is 2. The average Bonchev–Trinajstić information content (AvgIpc) is 3.45. The first-order valence-electron chi connectivity index (χ1n) is 15.1. The summed E-state index contributed by atoms with van der Waals surface area (Å²) in [5, 5.41) is 5.11. The molecule has 0 amide bonds. The second-order valence-corrected chi connectivity index (χ2v) is 12.8. The minimum Gasteiger partial charge on any atom is -0.482 e. The third-order valence-electron chi connectivity index (χ3n) is 9.26. The highest BCUT2D eigenvalue weighted by Crippen LogP contribution is 2.56. The van der Waals surface area contributed by atoms with Gasteiger partial charge in [-0.2, -0.15) is 0 Å². The molecule has 0 radical (unpaired) electrons. The quantitative estimate of drug-likeness (QED) is 0.202. The van der Waals surface area contributed by atoms with Crippen molar-refractivity contribution in [1.29, 1.82) is 0 Å². The number of fused-ring (bicyclic) bond motifs is 7. The van der Waals surface area contributed by atoms with Gasteiger partial charge in [0.15, 0.2) is 0 Å². The number of benzene rings is 6. The zero-order valence-electron chi connectivity index (χ0n) is 23.7. The molecular weight excluding hydrogens is 557 g/mol. The van der Waals surface area contributed by atoms with Crippen molar-refractivity contribution >= 4 is 70.7 Å². The first-order valence-corrected chi connectivity index (χ1v) is 15.9. The number of thiophene rings is 1. The van der Waals surface area contributed by atoms with E-state index < -0.39 is 0 Å². The number of rotatable bonds is 2. The predicted octanol–water partition coefficient (Wildman–Crippen LogP) is 11.1. The highest BCUT2D eigenvalue weighted by atomic mass is 32.1. The van der Waals surface area contributed by atoms with Gasteiger partial charge in [0.1, 0.15) is 11.9 Å². The van der Waals surface area contributed by atoms with E-state index in [4.69, 9.17) is 4.74 Å². The zero-order chi connectivity index (χ0) is 28.8. The third-order valence-corrected chi connectivity index (χ3v) is 10.4. The number of allylic oxidation sites excluding steroid dienone is 2. The van der Waals surface area contributed by atoms with E-state index in [0.717, 1.165) is 28.5 Å². The van der Waals surface area contributed by atoms with Gasteiger partial charge in [-0.25, -0.2) is 0 Å². The van der Waals surface area contributed by atoms with E-state index >= 15 is 0 Å². The van der Waals surface area contributed by atoms with E-state index in [-0.39, 0.29) is 12.1 Å². The van der Waals surface area contributed by atoms with E-state index in [1.165, 1.54) is 47.8 Å². The lowest BCUT2D eigenvalue weighted by Crippen LogP contribution is -2.46. The maximum atomic E-state index is 6.78. The van der Waals surface area contributed by atoms with Crippen molar-refractivity contribution in [2.75, 3.05) is 9.80 Å². The van der Waals surface area contributed by atoms with Crippen LogP contribution < -0.4 is 14.5 Å². The van der Waals surface area contributed by atoms with Crippen LogP contribution >= 0.6 is 11.3 Å². The molecule has 3 heterocycles. The third kappa shape index (κ3) is 3.37. The van der Waals surface area contributed by atoms with Crippen molar-refractivity contribution < 1.29 is 4.74 Å². The topological polar surface area (TPSA) is 15.7 Å². The SMILES string of the molecule is C1=CC2Oc3cc4c(cc3N(c3ccccc3)C2C=C1)N(c1ccc2sc3ccccc3c2c1)c1cccc2cccc-4c12. The van der Waals surface area contributed by atoms with Gasteiger partial charge in [0, 0.05) is 42.5 Å². The summed E-state index contributed by atoms with van der Waals surface area (Å²) in [7, 11) is 0. The maximum absolute atomic E-state index is 6.78. The second kappa shape index (κ2) is 9.09. The molecule has 44 heavy (non-hydrogen) atoms. The van der Waals surface area contributed by atoms with Gasteiger partial charge in [0.2, 0.25) is 0 Å². The summed E-state index contributed by atoms with van der Waals surface area (Å²) in [4.78, 5) is 4.90. The van der Waals surface area contributed by atoms with Gasteiger partial charge in [-0.3, -0.25) is 0 Å². The molecule has 2 unspecified atom stereocenters. The first kappa shape index (κ1) is 24.2. The molecule has 2 aliphatic heterocycles. The van der Waals surface area contributed by atoms with Crippen LogP contribution in [-0.2, 0) is 0 Å². The lowest BCUT2D eigenvalue weighted by molar-refractivity contribution is 0.218. The highest BCUT2D eigenvalue weighted by molar-refractivity contribution is 7.25. The Morgan fingerprint density at radius 2 is 1.39 bits per heavy atom. The van der Waals surface area contributed by atoms with Crippen LogP contribution in [0.5, 0.6) is 5.75 Å². The minimum atomic E-state index is -0.0668. The van der Waals surface area contributed by atoms with Gasteiger partial charge >= 0.3 is 0 Å². The van der Waals surface area contributed by atoms with E-state index in [9.17, 15) is 0 Å². The van der Waals surface area contributed by atoms with Crippen molar-refractivity contribution in [3.05, 3.63) is 146 Å². The van der Waals surface area contributed by atoms with E-state index in [2.05, 4.69) is 155 Å². The number of anilines is 5. The summed E-state index contributed by atoms with van der Waals surface area (Å²) < 4.78 is 9.40. The predicted molar refractivity (Wildman–Crippen MR) is 186 cm³/mol. The van der Waals surface area contributed by atoms with Crippen LogP contribution in [0, 0.1) is 0 Å². The van der Waals surface area contributed by atoms with Crippen molar-refractivity contribution in [3.8, 4) is 16.9 Å². The molecule has 10 rings (SSSR count). The van der Waals surface area contributed by atoms with Crippen LogP contribution in [0.3, 0.4) is 0 Å². The Kier molecular flexibility index (Phi) is 4.99. The molecule has 6 aromatic carbocycles. The molecule has 1 aliphatic carbocycles. The molecule has 7 aromatic rings. The Labute approximate surface area is 259 Å². The Morgan fingerprint density at radius 1 is 0.568 bits per heavy atom. The fourth-order valence-corrected chi connectivity index (χ4v) is 8.44. The van der Waals surface area contributed by atoms with Crippen LogP contribution in [0.15, 0.2) is 146 Å². The molecule has 0 saturated carbocycles. The molecule has 0 spiro atoms. The monoisotopic (exact) mass is 582 g/mol. The Morgan fingerprint density at radius 3 is 2.32 bits per heavy atom. The normalized spacial score (nSPS) is 17.9. The van der Waals surface area contributed by atoms with Gasteiger partial charge in [-0.1, -0.05) is 85.0 Å². The van der Waals surface area contributed by atoms with Crippen LogP contribution in [0.4, 0.5) is 28.4 Å². The Balaban J connectivity index is 1.27. The summed E-state index contributed by atoms with van der Waals surface area (Å²) in [6, 6.07) is 44.4. The number of ether oxygens (including phenoxy) is 1. The van der Waals surface area contributed by atoms with Crippen molar-refractivity contribution in [3.63, 3.8) is 0 Å². The fraction of sp³-hybridized carbons (Fsp3) is 0.0500. The summed E-state index contributed by atoms with van der Waals surface area (Å²) in [6.07, 6.45) is 8.59. The highest BCUT2D eigenvalue weighted by Gasteiger charge is 2.37. The molecule has 0 saturated heterocycles. The summed E-state index contributed by atoms with van der Waals surface area (Å²) in [5.41, 5.74) is 8.18. The van der Waals surface area contributed by atoms with Crippen molar-refractivity contribution in [2.45, 2.75) is 12.1 Å². The van der Waals surface area contributed by atoms with Crippen LogP contribution in [0.1, 0.15) is 0 Å². The fourth-order valence-electron chi connectivity index (χ4n) is 7.36. The van der Waals surface area contributed by atoms with Crippen molar-refractivity contribution in [2.24, 2.45) is 0 Å². The molecule has 2 atom stereocenters. The van der Waals surface area contributed by atoms with E-state index in [0.29, 0.717) is 0 Å². The lowest BCUT2D eigenvalue weighted by atomic mass is 9.89. The van der Waals surface area contributed by atoms with Crippen LogP contribution in [0.25, 0.3) is 42.1 Å². The summed E-state index contributed by atoms with van der Waals surface area (Å²) in [6.45, 7) is 0. The van der Waals surface area contributed by atoms with Crippen molar-refractivity contribution in [1.82, 2.24) is 0 Å². The second-order valence-electron chi connectivity index (χ2n) is 11.7. The molecule has 208 valence electrons. The average molecular weight is 583 g/mol. The number of hydrogen-bond acceptors (Lipinski definition) is 4. The van der Waals surface area contributed by atoms with Gasteiger partial charge < -0.3 is 14.5 Å². The Bertz CT molecular complexity index is 2350. The molecule has 0 bridgehead atoms. The summed E-state index contributed by atoms with van der Waals surface area (Å²) >= 11 is 1.86. The maximum Gasteiger partial charge on any atom is 0.144 e. The molecule has 1 aromatic heterocycles. The standard InChI is InChI=1S/C40H26N2OS/c1-2-12-26(13-3-1)41-32-16-5-6-18-36(32)43-37-23-30-29-15-8-10-25-11-9-17-33(40(25)29)42(34(30)24-35(37)41)27-20-21-39-31(22-27)28-14-4-7-19-38(28)44-39/h1-24,32,36H. The minimum absolute atomic E-state index is 0.0641. The molecule has 3 aliphatic rings. The lowest BCUT2D eigenvalue weighted by Gasteiger charge is -2.43. The van der Waals surface area contributed by atoms with E-state index in [1.807, 2.05) is 11.3 Å². The smallest absolute Gasteiger partial charge is 0.144 e. The largest absolute Gasteiger partial charge is 0.482 e. The molecular formula is C40H26N2OS. The Hall–Kier alpha value is -5.32. The number of para-hydroxylation sites is 1. The molecule has 3 nitrogen and oxygen atoms in total. The molecule has 0 N–H and O–H groups in total. The number of hydrogen-bond donors (Lipinski definition) is 0. The first-order chi connectivity index (χ1) is 21.8. The molecule has 0 fully saturated rings.